The first kappa shape index (κ1) is 15.7. The number of carbonyl (C=O) groups excluding carboxylic acids is 1. The molecule has 0 bridgehead atoms. The zero-order chi connectivity index (χ0) is 17.2. The lowest BCUT2D eigenvalue weighted by molar-refractivity contribution is 0.0923. The van der Waals surface area contributed by atoms with E-state index in [2.05, 4.69) is 27.6 Å². The van der Waals surface area contributed by atoms with Gasteiger partial charge in [0.25, 0.3) is 5.91 Å². The molecule has 1 amide bonds. The summed E-state index contributed by atoms with van der Waals surface area (Å²) in [5.74, 6) is 1.16. The van der Waals surface area contributed by atoms with Crippen molar-refractivity contribution in [3.05, 3.63) is 64.7 Å². The Hall–Kier alpha value is -2.82. The van der Waals surface area contributed by atoms with Gasteiger partial charge in [-0.3, -0.25) is 9.89 Å². The SMILES string of the molecule is Cc1c(C(=O)NCCCc2ccccc2)oc2c1-c1[nH]ncc1CC2. The van der Waals surface area contributed by atoms with Crippen LogP contribution in [0.1, 0.15) is 39.4 Å². The zero-order valence-corrected chi connectivity index (χ0v) is 14.3. The van der Waals surface area contributed by atoms with Crippen LogP contribution in [0.3, 0.4) is 0 Å². The number of aromatic nitrogens is 2. The molecule has 2 N–H and O–H groups in total. The topological polar surface area (TPSA) is 70.9 Å². The second-order valence-corrected chi connectivity index (χ2v) is 6.47. The molecule has 0 radical (unpaired) electrons. The first-order chi connectivity index (χ1) is 12.2. The highest BCUT2D eigenvalue weighted by Crippen LogP contribution is 2.37. The molecule has 1 aromatic carbocycles. The van der Waals surface area contributed by atoms with Crippen molar-refractivity contribution in [1.82, 2.24) is 15.5 Å². The molecule has 1 aliphatic carbocycles. The number of aryl methyl sites for hydroxylation is 3. The number of fused-ring (bicyclic) bond motifs is 3. The minimum absolute atomic E-state index is 0.138. The highest BCUT2D eigenvalue weighted by molar-refractivity contribution is 5.95. The van der Waals surface area contributed by atoms with E-state index in [1.165, 1.54) is 11.1 Å². The molecule has 0 saturated carbocycles. The zero-order valence-electron chi connectivity index (χ0n) is 14.3. The van der Waals surface area contributed by atoms with E-state index in [4.69, 9.17) is 4.42 Å². The minimum Gasteiger partial charge on any atom is -0.455 e. The normalized spacial score (nSPS) is 12.5. The summed E-state index contributed by atoms with van der Waals surface area (Å²) in [4.78, 5) is 12.5. The van der Waals surface area contributed by atoms with Gasteiger partial charge in [0.05, 0.1) is 11.9 Å². The van der Waals surface area contributed by atoms with E-state index in [1.807, 2.05) is 31.3 Å². The molecule has 0 saturated heterocycles. The van der Waals surface area contributed by atoms with Gasteiger partial charge in [0, 0.05) is 24.1 Å². The van der Waals surface area contributed by atoms with Crippen molar-refractivity contribution in [3.63, 3.8) is 0 Å². The Labute approximate surface area is 146 Å². The number of benzene rings is 1. The summed E-state index contributed by atoms with van der Waals surface area (Å²) in [5.41, 5.74) is 5.36. The average Bonchev–Trinajstić information content (AvgIpc) is 3.23. The first-order valence-electron chi connectivity index (χ1n) is 8.71. The Morgan fingerprint density at radius 3 is 2.96 bits per heavy atom. The number of amides is 1. The van der Waals surface area contributed by atoms with Crippen molar-refractivity contribution >= 4 is 5.91 Å². The number of aromatic amines is 1. The fourth-order valence-electron chi connectivity index (χ4n) is 3.48. The molecule has 0 unspecified atom stereocenters. The lowest BCUT2D eigenvalue weighted by Crippen LogP contribution is -2.25. The van der Waals surface area contributed by atoms with Gasteiger partial charge in [-0.25, -0.2) is 0 Å². The third-order valence-corrected chi connectivity index (χ3v) is 4.79. The van der Waals surface area contributed by atoms with E-state index in [9.17, 15) is 4.79 Å². The Morgan fingerprint density at radius 2 is 2.12 bits per heavy atom. The third-order valence-electron chi connectivity index (χ3n) is 4.79. The second kappa shape index (κ2) is 6.59. The van der Waals surface area contributed by atoms with Crippen molar-refractivity contribution in [2.45, 2.75) is 32.6 Å². The summed E-state index contributed by atoms with van der Waals surface area (Å²) >= 11 is 0. The van der Waals surface area contributed by atoms with Crippen LogP contribution in [0, 0.1) is 6.92 Å². The summed E-state index contributed by atoms with van der Waals surface area (Å²) in [6.07, 6.45) is 5.41. The molecule has 2 heterocycles. The van der Waals surface area contributed by atoms with Gasteiger partial charge < -0.3 is 9.73 Å². The Balaban J connectivity index is 1.42. The van der Waals surface area contributed by atoms with E-state index >= 15 is 0 Å². The van der Waals surface area contributed by atoms with E-state index < -0.39 is 0 Å². The highest BCUT2D eigenvalue weighted by Gasteiger charge is 2.28. The monoisotopic (exact) mass is 335 g/mol. The summed E-state index contributed by atoms with van der Waals surface area (Å²) in [7, 11) is 0. The smallest absolute Gasteiger partial charge is 0.287 e. The molecule has 5 nitrogen and oxygen atoms in total. The maximum Gasteiger partial charge on any atom is 0.287 e. The molecule has 5 heteroatoms. The predicted octanol–water partition coefficient (Wildman–Crippen LogP) is 3.44. The van der Waals surface area contributed by atoms with Gasteiger partial charge in [0.15, 0.2) is 5.76 Å². The number of nitrogens with zero attached hydrogens (tertiary/aromatic N) is 1. The van der Waals surface area contributed by atoms with Crippen LogP contribution >= 0.6 is 0 Å². The lowest BCUT2D eigenvalue weighted by atomic mass is 9.93. The van der Waals surface area contributed by atoms with E-state index in [1.54, 1.807) is 0 Å². The van der Waals surface area contributed by atoms with Crippen molar-refractivity contribution in [2.75, 3.05) is 6.54 Å². The molecular weight excluding hydrogens is 314 g/mol. The summed E-state index contributed by atoms with van der Waals surface area (Å²) in [5, 5.41) is 10.1. The third kappa shape index (κ3) is 2.97. The molecule has 2 aromatic heterocycles. The van der Waals surface area contributed by atoms with Crippen LogP contribution in [-0.2, 0) is 19.3 Å². The van der Waals surface area contributed by atoms with Crippen molar-refractivity contribution < 1.29 is 9.21 Å². The van der Waals surface area contributed by atoms with Crippen LogP contribution in [0.4, 0.5) is 0 Å². The summed E-state index contributed by atoms with van der Waals surface area (Å²) < 4.78 is 5.88. The van der Waals surface area contributed by atoms with Gasteiger partial charge in [-0.15, -0.1) is 0 Å². The molecule has 0 fully saturated rings. The van der Waals surface area contributed by atoms with Crippen LogP contribution in [0.2, 0.25) is 0 Å². The van der Waals surface area contributed by atoms with E-state index in [0.29, 0.717) is 12.3 Å². The Kier molecular flexibility index (Phi) is 4.14. The molecule has 128 valence electrons. The molecule has 3 aromatic rings. The number of hydrogen-bond acceptors (Lipinski definition) is 3. The van der Waals surface area contributed by atoms with Crippen LogP contribution in [0.15, 0.2) is 40.9 Å². The van der Waals surface area contributed by atoms with Crippen molar-refractivity contribution in [2.24, 2.45) is 0 Å². The van der Waals surface area contributed by atoms with Crippen molar-refractivity contribution in [3.8, 4) is 11.3 Å². The molecule has 25 heavy (non-hydrogen) atoms. The fourth-order valence-corrected chi connectivity index (χ4v) is 3.48. The number of nitrogens with one attached hydrogen (secondary N) is 2. The van der Waals surface area contributed by atoms with Crippen LogP contribution in [0.5, 0.6) is 0 Å². The molecule has 0 aliphatic heterocycles. The van der Waals surface area contributed by atoms with Gasteiger partial charge in [0.2, 0.25) is 0 Å². The standard InChI is InChI=1S/C20H21N3O2/c1-13-17-16(10-9-15-12-22-23-18(15)17)25-19(13)20(24)21-11-5-8-14-6-3-2-4-7-14/h2-4,6-7,12H,5,8-11H2,1H3,(H,21,24)(H,22,23). The number of rotatable bonds is 5. The van der Waals surface area contributed by atoms with Gasteiger partial charge in [-0.2, -0.15) is 5.10 Å². The first-order valence-corrected chi connectivity index (χ1v) is 8.71. The van der Waals surface area contributed by atoms with Crippen LogP contribution in [0.25, 0.3) is 11.3 Å². The van der Waals surface area contributed by atoms with E-state index in [-0.39, 0.29) is 5.91 Å². The van der Waals surface area contributed by atoms with Gasteiger partial charge in [0.1, 0.15) is 5.76 Å². The van der Waals surface area contributed by atoms with Crippen LogP contribution < -0.4 is 5.32 Å². The van der Waals surface area contributed by atoms with Gasteiger partial charge in [-0.1, -0.05) is 30.3 Å². The van der Waals surface area contributed by atoms with E-state index in [0.717, 1.165) is 48.3 Å². The lowest BCUT2D eigenvalue weighted by Gasteiger charge is -2.09. The molecular formula is C20H21N3O2. The van der Waals surface area contributed by atoms with Crippen molar-refractivity contribution in [1.29, 1.82) is 0 Å². The summed E-state index contributed by atoms with van der Waals surface area (Å²) in [6.45, 7) is 2.57. The number of carbonyl (C=O) groups is 1. The largest absolute Gasteiger partial charge is 0.455 e. The maximum absolute atomic E-state index is 12.5. The maximum atomic E-state index is 12.5. The summed E-state index contributed by atoms with van der Waals surface area (Å²) in [6, 6.07) is 10.3. The number of H-pyrrole nitrogens is 1. The van der Waals surface area contributed by atoms with Crippen LogP contribution in [-0.4, -0.2) is 22.6 Å². The molecule has 1 aliphatic rings. The molecule has 0 spiro atoms. The molecule has 4 rings (SSSR count). The van der Waals surface area contributed by atoms with Gasteiger partial charge in [-0.05, 0) is 37.3 Å². The predicted molar refractivity (Wildman–Crippen MR) is 95.5 cm³/mol. The molecule has 0 atom stereocenters. The Bertz CT molecular complexity index is 893. The Morgan fingerprint density at radius 1 is 1.28 bits per heavy atom. The fraction of sp³-hybridized carbons (Fsp3) is 0.300. The number of furan rings is 1. The number of hydrogen-bond donors (Lipinski definition) is 2. The van der Waals surface area contributed by atoms with Gasteiger partial charge >= 0.3 is 0 Å². The average molecular weight is 335 g/mol. The minimum atomic E-state index is -0.138. The second-order valence-electron chi connectivity index (χ2n) is 6.47. The quantitative estimate of drug-likeness (QED) is 0.702. The highest BCUT2D eigenvalue weighted by atomic mass is 16.4.